The largest absolute Gasteiger partial charge is 0.336 e. The molecule has 1 aromatic rings. The summed E-state index contributed by atoms with van der Waals surface area (Å²) >= 11 is 0. The average Bonchev–Trinajstić information content (AvgIpc) is 3.22. The van der Waals surface area contributed by atoms with E-state index >= 15 is 0 Å². The molecular formula is C15H18N2O. The lowest BCUT2D eigenvalue weighted by atomic mass is 10.1. The van der Waals surface area contributed by atoms with E-state index in [-0.39, 0.29) is 5.91 Å². The van der Waals surface area contributed by atoms with Crippen LogP contribution in [0.5, 0.6) is 0 Å². The quantitative estimate of drug-likeness (QED) is 0.819. The van der Waals surface area contributed by atoms with Gasteiger partial charge in [-0.3, -0.25) is 4.79 Å². The first kappa shape index (κ1) is 12.7. The van der Waals surface area contributed by atoms with Gasteiger partial charge in [0.1, 0.15) is 0 Å². The molecule has 0 bridgehead atoms. The zero-order valence-electron chi connectivity index (χ0n) is 10.6. The number of hydrogen-bond donors (Lipinski definition) is 1. The molecule has 0 aliphatic heterocycles. The molecule has 2 rings (SSSR count). The Morgan fingerprint density at radius 2 is 2.28 bits per heavy atom. The summed E-state index contributed by atoms with van der Waals surface area (Å²) in [5.74, 6) is 5.87. The Morgan fingerprint density at radius 3 is 2.89 bits per heavy atom. The highest BCUT2D eigenvalue weighted by molar-refractivity contribution is 5.95. The van der Waals surface area contributed by atoms with E-state index in [1.54, 1.807) is 0 Å². The fourth-order valence-corrected chi connectivity index (χ4v) is 2.00. The van der Waals surface area contributed by atoms with Crippen LogP contribution in [0.15, 0.2) is 24.3 Å². The second kappa shape index (κ2) is 5.70. The molecule has 18 heavy (non-hydrogen) atoms. The summed E-state index contributed by atoms with van der Waals surface area (Å²) in [6.45, 7) is 3.12. The summed E-state index contributed by atoms with van der Waals surface area (Å²) in [5.41, 5.74) is 6.90. The number of nitrogens with zero attached hydrogens (tertiary/aromatic N) is 1. The minimum atomic E-state index is 0.108. The molecule has 0 atom stereocenters. The molecule has 0 unspecified atom stereocenters. The first-order valence-corrected chi connectivity index (χ1v) is 6.36. The van der Waals surface area contributed by atoms with Crippen molar-refractivity contribution in [3.63, 3.8) is 0 Å². The molecule has 1 amide bonds. The van der Waals surface area contributed by atoms with Crippen LogP contribution in [0.4, 0.5) is 0 Å². The molecule has 1 aromatic carbocycles. The van der Waals surface area contributed by atoms with Gasteiger partial charge in [-0.25, -0.2) is 0 Å². The number of amides is 1. The predicted molar refractivity (Wildman–Crippen MR) is 72.1 cm³/mol. The first-order valence-electron chi connectivity index (χ1n) is 6.36. The summed E-state index contributed by atoms with van der Waals surface area (Å²) in [6, 6.07) is 7.90. The van der Waals surface area contributed by atoms with Crippen LogP contribution in [0, 0.1) is 11.8 Å². The minimum Gasteiger partial charge on any atom is -0.336 e. The summed E-state index contributed by atoms with van der Waals surface area (Å²) in [7, 11) is 0. The topological polar surface area (TPSA) is 46.3 Å². The van der Waals surface area contributed by atoms with E-state index in [4.69, 9.17) is 5.73 Å². The molecule has 1 fully saturated rings. The van der Waals surface area contributed by atoms with Crippen LogP contribution in [-0.4, -0.2) is 29.9 Å². The maximum absolute atomic E-state index is 12.3. The monoisotopic (exact) mass is 242 g/mol. The highest BCUT2D eigenvalue weighted by Crippen LogP contribution is 2.27. The van der Waals surface area contributed by atoms with Crippen molar-refractivity contribution in [1.82, 2.24) is 4.90 Å². The Hall–Kier alpha value is -1.79. The lowest BCUT2D eigenvalue weighted by Crippen LogP contribution is -2.32. The maximum atomic E-state index is 12.3. The normalized spacial score (nSPS) is 13.7. The molecule has 0 radical (unpaired) electrons. The highest BCUT2D eigenvalue weighted by Gasteiger charge is 2.31. The van der Waals surface area contributed by atoms with Crippen LogP contribution in [0.3, 0.4) is 0 Å². The molecule has 1 aliphatic rings. The van der Waals surface area contributed by atoms with Crippen LogP contribution in [0.1, 0.15) is 35.7 Å². The molecule has 0 heterocycles. The maximum Gasteiger partial charge on any atom is 0.254 e. The van der Waals surface area contributed by atoms with Gasteiger partial charge >= 0.3 is 0 Å². The van der Waals surface area contributed by atoms with Gasteiger partial charge in [-0.05, 0) is 38.0 Å². The van der Waals surface area contributed by atoms with E-state index in [1.807, 2.05) is 36.1 Å². The lowest BCUT2D eigenvalue weighted by molar-refractivity contribution is 0.0752. The summed E-state index contributed by atoms with van der Waals surface area (Å²) in [6.07, 6.45) is 2.26. The van der Waals surface area contributed by atoms with Crippen LogP contribution >= 0.6 is 0 Å². The smallest absolute Gasteiger partial charge is 0.254 e. The van der Waals surface area contributed by atoms with E-state index in [0.29, 0.717) is 18.2 Å². The molecule has 0 spiro atoms. The van der Waals surface area contributed by atoms with E-state index in [0.717, 1.165) is 24.9 Å². The van der Waals surface area contributed by atoms with E-state index < -0.39 is 0 Å². The van der Waals surface area contributed by atoms with Gasteiger partial charge < -0.3 is 10.6 Å². The van der Waals surface area contributed by atoms with E-state index in [9.17, 15) is 4.79 Å². The SMILES string of the molecule is CCN(C(=O)c1cccc(C#CCN)c1)C1CC1. The van der Waals surface area contributed by atoms with Crippen molar-refractivity contribution in [2.45, 2.75) is 25.8 Å². The summed E-state index contributed by atoms with van der Waals surface area (Å²) in [4.78, 5) is 14.3. The Morgan fingerprint density at radius 1 is 1.50 bits per heavy atom. The first-order chi connectivity index (χ1) is 8.76. The summed E-state index contributed by atoms with van der Waals surface area (Å²) < 4.78 is 0. The molecule has 0 aromatic heterocycles. The molecule has 1 aliphatic carbocycles. The van der Waals surface area contributed by atoms with E-state index in [1.165, 1.54) is 0 Å². The number of hydrogen-bond acceptors (Lipinski definition) is 2. The van der Waals surface area contributed by atoms with Crippen LogP contribution < -0.4 is 5.73 Å². The standard InChI is InChI=1S/C15H18N2O/c1-2-17(14-8-9-14)15(18)13-7-3-5-12(11-13)6-4-10-16/h3,5,7,11,14H,2,8-10,16H2,1H3. The van der Waals surface area contributed by atoms with Crippen molar-refractivity contribution in [3.8, 4) is 11.8 Å². The van der Waals surface area contributed by atoms with Crippen molar-refractivity contribution in [2.24, 2.45) is 5.73 Å². The zero-order chi connectivity index (χ0) is 13.0. The molecule has 2 N–H and O–H groups in total. The minimum absolute atomic E-state index is 0.108. The fourth-order valence-electron chi connectivity index (χ4n) is 2.00. The second-order valence-corrected chi connectivity index (χ2v) is 4.41. The average molecular weight is 242 g/mol. The van der Waals surface area contributed by atoms with Gasteiger partial charge in [0.2, 0.25) is 0 Å². The van der Waals surface area contributed by atoms with Crippen LogP contribution in [0.25, 0.3) is 0 Å². The van der Waals surface area contributed by atoms with Gasteiger partial charge in [-0.15, -0.1) is 0 Å². The Labute approximate surface area is 108 Å². The van der Waals surface area contributed by atoms with Crippen molar-refractivity contribution in [1.29, 1.82) is 0 Å². The number of nitrogens with two attached hydrogens (primary N) is 1. The predicted octanol–water partition coefficient (Wildman–Crippen LogP) is 1.62. The highest BCUT2D eigenvalue weighted by atomic mass is 16.2. The van der Waals surface area contributed by atoms with Gasteiger partial charge in [0.05, 0.1) is 6.54 Å². The third kappa shape index (κ3) is 2.91. The molecule has 94 valence electrons. The fraction of sp³-hybridized carbons (Fsp3) is 0.400. The number of carbonyl (C=O) groups excluding carboxylic acids is 1. The Bertz CT molecular complexity index is 495. The van der Waals surface area contributed by atoms with Crippen LogP contribution in [0.2, 0.25) is 0 Å². The second-order valence-electron chi connectivity index (χ2n) is 4.41. The van der Waals surface area contributed by atoms with Gasteiger partial charge in [0, 0.05) is 23.7 Å². The van der Waals surface area contributed by atoms with Gasteiger partial charge in [0.25, 0.3) is 5.91 Å². The number of benzene rings is 1. The van der Waals surface area contributed by atoms with Crippen molar-refractivity contribution >= 4 is 5.91 Å². The van der Waals surface area contributed by atoms with Crippen molar-refractivity contribution in [2.75, 3.05) is 13.1 Å². The molecule has 3 heteroatoms. The van der Waals surface area contributed by atoms with Gasteiger partial charge in [0.15, 0.2) is 0 Å². The summed E-state index contributed by atoms with van der Waals surface area (Å²) in [5, 5.41) is 0. The van der Waals surface area contributed by atoms with Gasteiger partial charge in [-0.1, -0.05) is 17.9 Å². The van der Waals surface area contributed by atoms with Crippen LogP contribution in [-0.2, 0) is 0 Å². The zero-order valence-corrected chi connectivity index (χ0v) is 10.6. The molecule has 0 saturated heterocycles. The number of rotatable bonds is 3. The third-order valence-electron chi connectivity index (χ3n) is 3.03. The van der Waals surface area contributed by atoms with E-state index in [2.05, 4.69) is 11.8 Å². The van der Waals surface area contributed by atoms with Crippen molar-refractivity contribution in [3.05, 3.63) is 35.4 Å². The molecule has 1 saturated carbocycles. The third-order valence-corrected chi connectivity index (χ3v) is 3.03. The number of carbonyl (C=O) groups is 1. The van der Waals surface area contributed by atoms with Gasteiger partial charge in [-0.2, -0.15) is 0 Å². The Kier molecular flexibility index (Phi) is 4.01. The van der Waals surface area contributed by atoms with Crippen molar-refractivity contribution < 1.29 is 4.79 Å². The lowest BCUT2D eigenvalue weighted by Gasteiger charge is -2.20. The molecular weight excluding hydrogens is 224 g/mol. The Balaban J connectivity index is 2.19. The molecule has 3 nitrogen and oxygen atoms in total.